The maximum absolute atomic E-state index is 9.06. The summed E-state index contributed by atoms with van der Waals surface area (Å²) in [6.45, 7) is 2.03. The maximum atomic E-state index is 9.06. The summed E-state index contributed by atoms with van der Waals surface area (Å²) in [5.41, 5.74) is 1.45. The summed E-state index contributed by atoms with van der Waals surface area (Å²) in [5.74, 6) is 1.04. The van der Waals surface area contributed by atoms with Gasteiger partial charge in [-0.05, 0) is 32.2 Å². The number of nitriles is 1. The molecule has 1 aromatic carbocycles. The number of nitrogens with zero attached hydrogens (tertiary/aromatic N) is 2. The standard InChI is InChI=1S/C15H15N3O/c1-11(17-2)13-7-5-9-18-15(13)19-14-8-4-3-6-12(14)10-16/h3-9,11,17H,1-2H3. The lowest BCUT2D eigenvalue weighted by Crippen LogP contribution is -2.13. The van der Waals surface area contributed by atoms with Crippen LogP contribution in [0.25, 0.3) is 0 Å². The van der Waals surface area contributed by atoms with Gasteiger partial charge in [0, 0.05) is 17.8 Å². The monoisotopic (exact) mass is 253 g/mol. The first kappa shape index (κ1) is 13.1. The fourth-order valence-corrected chi connectivity index (χ4v) is 1.73. The van der Waals surface area contributed by atoms with Crippen LogP contribution in [0.1, 0.15) is 24.1 Å². The van der Waals surface area contributed by atoms with Crippen molar-refractivity contribution in [3.8, 4) is 17.7 Å². The molecule has 0 spiro atoms. The third kappa shape index (κ3) is 2.90. The van der Waals surface area contributed by atoms with Crippen molar-refractivity contribution in [2.75, 3.05) is 7.05 Å². The van der Waals surface area contributed by atoms with Crippen LogP contribution in [0.15, 0.2) is 42.6 Å². The number of aromatic nitrogens is 1. The van der Waals surface area contributed by atoms with E-state index in [0.29, 0.717) is 17.2 Å². The van der Waals surface area contributed by atoms with Gasteiger partial charge in [0.05, 0.1) is 5.56 Å². The minimum Gasteiger partial charge on any atom is -0.437 e. The van der Waals surface area contributed by atoms with E-state index in [1.807, 2.05) is 32.2 Å². The molecule has 96 valence electrons. The largest absolute Gasteiger partial charge is 0.437 e. The van der Waals surface area contributed by atoms with Crippen LogP contribution in [0, 0.1) is 11.3 Å². The molecule has 0 bridgehead atoms. The number of ether oxygens (including phenoxy) is 1. The van der Waals surface area contributed by atoms with Crippen LogP contribution in [-0.4, -0.2) is 12.0 Å². The number of para-hydroxylation sites is 1. The summed E-state index contributed by atoms with van der Waals surface area (Å²) in [5, 5.41) is 12.2. The van der Waals surface area contributed by atoms with Crippen molar-refractivity contribution in [2.24, 2.45) is 0 Å². The Kier molecular flexibility index (Phi) is 4.11. The molecule has 1 unspecified atom stereocenters. The predicted molar refractivity (Wildman–Crippen MR) is 72.9 cm³/mol. The molecule has 1 heterocycles. The highest BCUT2D eigenvalue weighted by molar-refractivity contribution is 5.45. The van der Waals surface area contributed by atoms with Gasteiger partial charge in [0.2, 0.25) is 5.88 Å². The Hall–Kier alpha value is -2.38. The average molecular weight is 253 g/mol. The van der Waals surface area contributed by atoms with E-state index in [9.17, 15) is 0 Å². The van der Waals surface area contributed by atoms with E-state index in [1.54, 1.807) is 24.4 Å². The van der Waals surface area contributed by atoms with Crippen LogP contribution in [0.2, 0.25) is 0 Å². The number of pyridine rings is 1. The Balaban J connectivity index is 2.36. The summed E-state index contributed by atoms with van der Waals surface area (Å²) in [4.78, 5) is 4.25. The van der Waals surface area contributed by atoms with Gasteiger partial charge in [0.15, 0.2) is 0 Å². The Labute approximate surface area is 112 Å². The quantitative estimate of drug-likeness (QED) is 0.909. The first-order chi connectivity index (χ1) is 9.26. The molecule has 0 saturated carbocycles. The Morgan fingerprint density at radius 3 is 2.79 bits per heavy atom. The van der Waals surface area contributed by atoms with Crippen molar-refractivity contribution in [3.05, 3.63) is 53.7 Å². The fourth-order valence-electron chi connectivity index (χ4n) is 1.73. The topological polar surface area (TPSA) is 57.9 Å². The molecule has 0 aliphatic carbocycles. The summed E-state index contributed by atoms with van der Waals surface area (Å²) in [7, 11) is 1.88. The Morgan fingerprint density at radius 1 is 1.26 bits per heavy atom. The van der Waals surface area contributed by atoms with Crippen molar-refractivity contribution in [1.29, 1.82) is 5.26 Å². The summed E-state index contributed by atoms with van der Waals surface area (Å²) >= 11 is 0. The molecule has 2 rings (SSSR count). The summed E-state index contributed by atoms with van der Waals surface area (Å²) < 4.78 is 5.78. The number of hydrogen-bond donors (Lipinski definition) is 1. The molecule has 0 amide bonds. The normalized spacial score (nSPS) is 11.6. The molecule has 0 saturated heterocycles. The maximum Gasteiger partial charge on any atom is 0.224 e. The highest BCUT2D eigenvalue weighted by Crippen LogP contribution is 2.28. The minimum atomic E-state index is 0.123. The lowest BCUT2D eigenvalue weighted by Gasteiger charge is -2.15. The van der Waals surface area contributed by atoms with Crippen molar-refractivity contribution in [2.45, 2.75) is 13.0 Å². The van der Waals surface area contributed by atoms with Crippen molar-refractivity contribution >= 4 is 0 Å². The van der Waals surface area contributed by atoms with Crippen LogP contribution in [0.3, 0.4) is 0 Å². The van der Waals surface area contributed by atoms with Gasteiger partial charge in [0.25, 0.3) is 0 Å². The third-order valence-corrected chi connectivity index (χ3v) is 2.91. The van der Waals surface area contributed by atoms with Crippen LogP contribution >= 0.6 is 0 Å². The van der Waals surface area contributed by atoms with Crippen LogP contribution in [-0.2, 0) is 0 Å². The second kappa shape index (κ2) is 5.98. The second-order valence-electron chi connectivity index (χ2n) is 4.12. The molecular weight excluding hydrogens is 238 g/mol. The van der Waals surface area contributed by atoms with Crippen molar-refractivity contribution in [3.63, 3.8) is 0 Å². The number of hydrogen-bond acceptors (Lipinski definition) is 4. The average Bonchev–Trinajstić information content (AvgIpc) is 2.47. The van der Waals surface area contributed by atoms with E-state index in [0.717, 1.165) is 5.56 Å². The molecule has 2 aromatic rings. The molecular formula is C15H15N3O. The fraction of sp³-hybridized carbons (Fsp3) is 0.200. The predicted octanol–water partition coefficient (Wildman–Crippen LogP) is 3.03. The zero-order chi connectivity index (χ0) is 13.7. The van der Waals surface area contributed by atoms with Gasteiger partial charge in [-0.25, -0.2) is 4.98 Å². The molecule has 1 N–H and O–H groups in total. The van der Waals surface area contributed by atoms with Crippen molar-refractivity contribution in [1.82, 2.24) is 10.3 Å². The van der Waals surface area contributed by atoms with Gasteiger partial charge in [0.1, 0.15) is 11.8 Å². The Morgan fingerprint density at radius 2 is 2.05 bits per heavy atom. The molecule has 0 radical (unpaired) electrons. The Bertz CT molecular complexity index is 604. The van der Waals surface area contributed by atoms with Gasteiger partial charge in [-0.2, -0.15) is 5.26 Å². The van der Waals surface area contributed by atoms with Gasteiger partial charge >= 0.3 is 0 Å². The van der Waals surface area contributed by atoms with Crippen LogP contribution in [0.4, 0.5) is 0 Å². The summed E-state index contributed by atoms with van der Waals surface area (Å²) in [6, 6.07) is 13.2. The molecule has 19 heavy (non-hydrogen) atoms. The van der Waals surface area contributed by atoms with Crippen LogP contribution in [0.5, 0.6) is 11.6 Å². The first-order valence-electron chi connectivity index (χ1n) is 6.05. The van der Waals surface area contributed by atoms with E-state index >= 15 is 0 Å². The number of nitrogens with one attached hydrogen (secondary N) is 1. The first-order valence-corrected chi connectivity index (χ1v) is 6.05. The van der Waals surface area contributed by atoms with Gasteiger partial charge in [-0.15, -0.1) is 0 Å². The summed E-state index contributed by atoms with van der Waals surface area (Å²) in [6.07, 6.45) is 1.68. The zero-order valence-electron chi connectivity index (χ0n) is 10.9. The van der Waals surface area contributed by atoms with Gasteiger partial charge in [-0.3, -0.25) is 0 Å². The molecule has 1 atom stereocenters. The van der Waals surface area contributed by atoms with Gasteiger partial charge < -0.3 is 10.1 Å². The second-order valence-corrected chi connectivity index (χ2v) is 4.12. The smallest absolute Gasteiger partial charge is 0.224 e. The number of benzene rings is 1. The molecule has 0 fully saturated rings. The molecule has 4 heteroatoms. The highest BCUT2D eigenvalue weighted by Gasteiger charge is 2.13. The van der Waals surface area contributed by atoms with Gasteiger partial charge in [-0.1, -0.05) is 18.2 Å². The minimum absolute atomic E-state index is 0.123. The lowest BCUT2D eigenvalue weighted by molar-refractivity contribution is 0.445. The van der Waals surface area contributed by atoms with E-state index in [-0.39, 0.29) is 6.04 Å². The van der Waals surface area contributed by atoms with E-state index in [2.05, 4.69) is 16.4 Å². The highest BCUT2D eigenvalue weighted by atomic mass is 16.5. The third-order valence-electron chi connectivity index (χ3n) is 2.91. The molecule has 1 aromatic heterocycles. The van der Waals surface area contributed by atoms with E-state index < -0.39 is 0 Å². The zero-order valence-corrected chi connectivity index (χ0v) is 10.9. The number of rotatable bonds is 4. The van der Waals surface area contributed by atoms with E-state index in [1.165, 1.54) is 0 Å². The molecule has 0 aliphatic heterocycles. The molecule has 0 aliphatic rings. The van der Waals surface area contributed by atoms with E-state index in [4.69, 9.17) is 10.00 Å². The van der Waals surface area contributed by atoms with Crippen molar-refractivity contribution < 1.29 is 4.74 Å². The lowest BCUT2D eigenvalue weighted by atomic mass is 10.1. The molecule has 4 nitrogen and oxygen atoms in total. The van der Waals surface area contributed by atoms with Crippen LogP contribution < -0.4 is 10.1 Å². The SMILES string of the molecule is CNC(C)c1cccnc1Oc1ccccc1C#N.